The lowest BCUT2D eigenvalue weighted by Gasteiger charge is -2.25. The summed E-state index contributed by atoms with van der Waals surface area (Å²) in [7, 11) is 0. The lowest BCUT2D eigenvalue weighted by atomic mass is 9.89. The minimum atomic E-state index is 0.412. The Morgan fingerprint density at radius 1 is 1.41 bits per heavy atom. The van der Waals surface area contributed by atoms with Crippen molar-refractivity contribution in [1.82, 2.24) is 20.1 Å². The molecule has 0 saturated heterocycles. The van der Waals surface area contributed by atoms with Crippen LogP contribution >= 0.6 is 11.6 Å². The zero-order valence-corrected chi connectivity index (χ0v) is 11.2. The van der Waals surface area contributed by atoms with E-state index in [9.17, 15) is 0 Å². The van der Waals surface area contributed by atoms with Crippen molar-refractivity contribution in [3.05, 3.63) is 12.2 Å². The fourth-order valence-corrected chi connectivity index (χ4v) is 2.66. The molecular weight excluding hydrogens is 236 g/mol. The molecule has 1 aliphatic carbocycles. The first-order chi connectivity index (χ1) is 8.29. The van der Waals surface area contributed by atoms with E-state index in [2.05, 4.69) is 22.3 Å². The molecule has 96 valence electrons. The topological polar surface area (TPSA) is 42.7 Å². The molecule has 1 aliphatic rings. The Hall–Kier alpha value is -0.610. The van der Waals surface area contributed by atoms with Crippen molar-refractivity contribution in [2.24, 2.45) is 5.92 Å². The molecule has 1 saturated carbocycles. The van der Waals surface area contributed by atoms with Crippen LogP contribution in [0.1, 0.15) is 38.4 Å². The fourth-order valence-electron chi connectivity index (χ4n) is 2.40. The Morgan fingerprint density at radius 2 is 2.18 bits per heavy atom. The summed E-state index contributed by atoms with van der Waals surface area (Å²) in [4.78, 5) is 4.25. The van der Waals surface area contributed by atoms with E-state index in [0.717, 1.165) is 31.4 Å². The summed E-state index contributed by atoms with van der Waals surface area (Å²) in [6.07, 6.45) is 6.46. The zero-order chi connectivity index (χ0) is 12.1. The van der Waals surface area contributed by atoms with Crippen molar-refractivity contribution in [1.29, 1.82) is 0 Å². The number of hydrogen-bond acceptors (Lipinski definition) is 3. The van der Waals surface area contributed by atoms with Crippen molar-refractivity contribution >= 4 is 11.6 Å². The monoisotopic (exact) mass is 256 g/mol. The first kappa shape index (κ1) is 12.8. The number of nitrogens with zero attached hydrogens (tertiary/aromatic N) is 3. The number of rotatable bonds is 5. The smallest absolute Gasteiger partial charge is 0.140 e. The van der Waals surface area contributed by atoms with Crippen LogP contribution in [0.3, 0.4) is 0 Å². The summed E-state index contributed by atoms with van der Waals surface area (Å²) in [5, 5.41) is 8.05. The molecule has 2 rings (SSSR count). The zero-order valence-electron chi connectivity index (χ0n) is 10.4. The number of aryl methyl sites for hydroxylation is 1. The second-order valence-electron chi connectivity index (χ2n) is 4.74. The molecule has 1 aromatic rings. The maximum atomic E-state index is 6.09. The van der Waals surface area contributed by atoms with Crippen LogP contribution in [0.15, 0.2) is 6.33 Å². The third-order valence-corrected chi connectivity index (χ3v) is 3.92. The molecule has 0 aliphatic heterocycles. The average Bonchev–Trinajstić information content (AvgIpc) is 2.79. The van der Waals surface area contributed by atoms with Gasteiger partial charge in [0.05, 0.1) is 6.54 Å². The highest BCUT2D eigenvalue weighted by atomic mass is 35.5. The van der Waals surface area contributed by atoms with Crippen LogP contribution in [-0.4, -0.2) is 26.7 Å². The molecule has 0 atom stereocenters. The molecule has 0 unspecified atom stereocenters. The standard InChI is InChI=1S/C12H21ClN4/c1-2-17-12(15-9-16-17)8-14-7-10-3-5-11(13)6-4-10/h9-11,14H,2-8H2,1H3. The number of alkyl halides is 1. The van der Waals surface area contributed by atoms with Crippen LogP contribution in [0.25, 0.3) is 0 Å². The van der Waals surface area contributed by atoms with Gasteiger partial charge in [0.25, 0.3) is 0 Å². The van der Waals surface area contributed by atoms with Crippen LogP contribution in [0, 0.1) is 5.92 Å². The van der Waals surface area contributed by atoms with E-state index in [4.69, 9.17) is 11.6 Å². The second-order valence-corrected chi connectivity index (χ2v) is 5.36. The summed E-state index contributed by atoms with van der Waals surface area (Å²) >= 11 is 6.09. The molecular formula is C12H21ClN4. The molecule has 0 radical (unpaired) electrons. The first-order valence-corrected chi connectivity index (χ1v) is 6.94. The van der Waals surface area contributed by atoms with E-state index in [-0.39, 0.29) is 0 Å². The first-order valence-electron chi connectivity index (χ1n) is 6.51. The third-order valence-electron chi connectivity index (χ3n) is 3.49. The van der Waals surface area contributed by atoms with Gasteiger partial charge in [-0.1, -0.05) is 0 Å². The van der Waals surface area contributed by atoms with Crippen LogP contribution < -0.4 is 5.32 Å². The molecule has 1 heterocycles. The van der Waals surface area contributed by atoms with E-state index in [1.165, 1.54) is 25.7 Å². The Morgan fingerprint density at radius 3 is 2.88 bits per heavy atom. The maximum Gasteiger partial charge on any atom is 0.140 e. The van der Waals surface area contributed by atoms with Crippen molar-refractivity contribution < 1.29 is 0 Å². The van der Waals surface area contributed by atoms with Gasteiger partial charge in [0.1, 0.15) is 12.2 Å². The molecule has 0 amide bonds. The Bertz CT molecular complexity index is 331. The predicted molar refractivity (Wildman–Crippen MR) is 69.0 cm³/mol. The van der Waals surface area contributed by atoms with Gasteiger partial charge in [0.2, 0.25) is 0 Å². The fraction of sp³-hybridized carbons (Fsp3) is 0.833. The van der Waals surface area contributed by atoms with Crippen LogP contribution in [0.2, 0.25) is 0 Å². The van der Waals surface area contributed by atoms with Gasteiger partial charge in [0, 0.05) is 11.9 Å². The van der Waals surface area contributed by atoms with Crippen molar-refractivity contribution in [2.45, 2.75) is 51.1 Å². The van der Waals surface area contributed by atoms with E-state index in [0.29, 0.717) is 5.38 Å². The molecule has 0 aromatic carbocycles. The molecule has 1 N–H and O–H groups in total. The third kappa shape index (κ3) is 3.68. The minimum absolute atomic E-state index is 0.412. The van der Waals surface area contributed by atoms with Crippen LogP contribution in [-0.2, 0) is 13.1 Å². The van der Waals surface area contributed by atoms with Gasteiger partial charge in [0.15, 0.2) is 0 Å². The van der Waals surface area contributed by atoms with Gasteiger partial charge in [-0.15, -0.1) is 11.6 Å². The Kier molecular flexibility index (Phi) is 4.80. The Balaban J connectivity index is 1.69. The van der Waals surface area contributed by atoms with Gasteiger partial charge < -0.3 is 5.32 Å². The number of nitrogens with one attached hydrogen (secondary N) is 1. The predicted octanol–water partition coefficient (Wildman–Crippen LogP) is 2.19. The number of aromatic nitrogens is 3. The van der Waals surface area contributed by atoms with E-state index in [1.807, 2.05) is 4.68 Å². The summed E-state index contributed by atoms with van der Waals surface area (Å²) in [5.41, 5.74) is 0. The maximum absolute atomic E-state index is 6.09. The van der Waals surface area contributed by atoms with E-state index in [1.54, 1.807) is 6.33 Å². The van der Waals surface area contributed by atoms with Crippen molar-refractivity contribution in [3.8, 4) is 0 Å². The van der Waals surface area contributed by atoms with Gasteiger partial charge in [-0.2, -0.15) is 5.10 Å². The number of hydrogen-bond donors (Lipinski definition) is 1. The molecule has 5 heteroatoms. The van der Waals surface area contributed by atoms with Gasteiger partial charge in [-0.25, -0.2) is 9.67 Å². The lowest BCUT2D eigenvalue weighted by molar-refractivity contribution is 0.343. The van der Waals surface area contributed by atoms with Crippen LogP contribution in [0.4, 0.5) is 0 Å². The van der Waals surface area contributed by atoms with E-state index < -0.39 is 0 Å². The molecule has 0 spiro atoms. The molecule has 0 bridgehead atoms. The van der Waals surface area contributed by atoms with Crippen molar-refractivity contribution in [3.63, 3.8) is 0 Å². The highest BCUT2D eigenvalue weighted by molar-refractivity contribution is 6.20. The van der Waals surface area contributed by atoms with E-state index >= 15 is 0 Å². The van der Waals surface area contributed by atoms with Crippen LogP contribution in [0.5, 0.6) is 0 Å². The highest BCUT2D eigenvalue weighted by Gasteiger charge is 2.19. The SMILES string of the molecule is CCn1ncnc1CNCC1CCC(Cl)CC1. The molecule has 1 fully saturated rings. The van der Waals surface area contributed by atoms with Crippen molar-refractivity contribution in [2.75, 3.05) is 6.54 Å². The second kappa shape index (κ2) is 6.36. The quantitative estimate of drug-likeness (QED) is 0.822. The summed E-state index contributed by atoms with van der Waals surface area (Å²) in [6, 6.07) is 0. The molecule has 4 nitrogen and oxygen atoms in total. The summed E-state index contributed by atoms with van der Waals surface area (Å²) < 4.78 is 1.93. The van der Waals surface area contributed by atoms with Gasteiger partial charge >= 0.3 is 0 Å². The lowest BCUT2D eigenvalue weighted by Crippen LogP contribution is -2.27. The van der Waals surface area contributed by atoms with Gasteiger partial charge in [-0.3, -0.25) is 0 Å². The molecule has 17 heavy (non-hydrogen) atoms. The normalized spacial score (nSPS) is 25.1. The highest BCUT2D eigenvalue weighted by Crippen LogP contribution is 2.26. The minimum Gasteiger partial charge on any atom is -0.310 e. The Labute approximate surface area is 108 Å². The largest absolute Gasteiger partial charge is 0.310 e. The van der Waals surface area contributed by atoms with Gasteiger partial charge in [-0.05, 0) is 45.1 Å². The number of halogens is 1. The summed E-state index contributed by atoms with van der Waals surface area (Å²) in [6.45, 7) is 4.85. The summed E-state index contributed by atoms with van der Waals surface area (Å²) in [5.74, 6) is 1.81. The average molecular weight is 257 g/mol. The molecule has 1 aromatic heterocycles.